The molecule has 2 atom stereocenters. The van der Waals surface area contributed by atoms with E-state index in [0.29, 0.717) is 12.2 Å². The summed E-state index contributed by atoms with van der Waals surface area (Å²) in [6.07, 6.45) is 3.13. The van der Waals surface area contributed by atoms with Gasteiger partial charge in [-0.05, 0) is 38.0 Å². The highest BCUT2D eigenvalue weighted by Gasteiger charge is 2.21. The van der Waals surface area contributed by atoms with Crippen molar-refractivity contribution in [3.05, 3.63) is 23.7 Å². The first-order valence-electron chi connectivity index (χ1n) is 6.04. The number of nitrogens with one attached hydrogen (secondary N) is 1. The lowest BCUT2D eigenvalue weighted by molar-refractivity contribution is 0.0637. The van der Waals surface area contributed by atoms with Crippen molar-refractivity contribution in [2.45, 2.75) is 32.0 Å². The molecule has 3 rings (SSSR count). The van der Waals surface area contributed by atoms with Gasteiger partial charge in [-0.2, -0.15) is 0 Å². The van der Waals surface area contributed by atoms with E-state index in [9.17, 15) is 0 Å². The minimum atomic E-state index is 0.363. The van der Waals surface area contributed by atoms with Crippen LogP contribution in [0.5, 0.6) is 0 Å². The molecule has 90 valence electrons. The van der Waals surface area contributed by atoms with Crippen molar-refractivity contribution >= 4 is 27.2 Å². The Kier molecular flexibility index (Phi) is 2.99. The maximum atomic E-state index is 5.78. The van der Waals surface area contributed by atoms with Gasteiger partial charge in [-0.3, -0.25) is 0 Å². The highest BCUT2D eigenvalue weighted by molar-refractivity contribution is 7.16. The first-order chi connectivity index (χ1) is 8.31. The summed E-state index contributed by atoms with van der Waals surface area (Å²) in [5.74, 6) is 0. The molecule has 0 saturated carbocycles. The van der Waals surface area contributed by atoms with E-state index in [4.69, 9.17) is 4.74 Å². The van der Waals surface area contributed by atoms with Crippen molar-refractivity contribution in [1.29, 1.82) is 0 Å². The topological polar surface area (TPSA) is 34.2 Å². The SMILES string of the molecule is CC1CCC(CNc2ccc3ncsc3c2)O1. The average molecular weight is 248 g/mol. The molecular weight excluding hydrogens is 232 g/mol. The van der Waals surface area contributed by atoms with Gasteiger partial charge in [0.15, 0.2) is 0 Å². The first kappa shape index (κ1) is 11.0. The zero-order chi connectivity index (χ0) is 11.7. The smallest absolute Gasteiger partial charge is 0.0813 e. The molecule has 1 saturated heterocycles. The van der Waals surface area contributed by atoms with E-state index in [1.165, 1.54) is 11.1 Å². The maximum Gasteiger partial charge on any atom is 0.0813 e. The summed E-state index contributed by atoms with van der Waals surface area (Å²) in [5.41, 5.74) is 4.12. The van der Waals surface area contributed by atoms with E-state index in [1.54, 1.807) is 11.3 Å². The van der Waals surface area contributed by atoms with E-state index in [2.05, 4.69) is 35.4 Å². The maximum absolute atomic E-state index is 5.78. The van der Waals surface area contributed by atoms with Gasteiger partial charge in [0.25, 0.3) is 0 Å². The van der Waals surface area contributed by atoms with Gasteiger partial charge in [-0.1, -0.05) is 0 Å². The molecule has 1 fully saturated rings. The van der Waals surface area contributed by atoms with Crippen LogP contribution in [-0.2, 0) is 4.74 Å². The normalized spacial score (nSPS) is 24.3. The number of anilines is 1. The molecule has 2 heterocycles. The third-order valence-corrected chi connectivity index (χ3v) is 3.98. The zero-order valence-electron chi connectivity index (χ0n) is 9.85. The summed E-state index contributed by atoms with van der Waals surface area (Å²) in [5, 5.41) is 3.44. The molecule has 0 radical (unpaired) electrons. The lowest BCUT2D eigenvalue weighted by Crippen LogP contribution is -2.19. The van der Waals surface area contributed by atoms with Gasteiger partial charge in [-0.15, -0.1) is 11.3 Å². The highest BCUT2D eigenvalue weighted by Crippen LogP contribution is 2.23. The number of fused-ring (bicyclic) bond motifs is 1. The van der Waals surface area contributed by atoms with Crippen molar-refractivity contribution < 1.29 is 4.74 Å². The van der Waals surface area contributed by atoms with Crippen LogP contribution in [-0.4, -0.2) is 23.7 Å². The van der Waals surface area contributed by atoms with Gasteiger partial charge >= 0.3 is 0 Å². The highest BCUT2D eigenvalue weighted by atomic mass is 32.1. The summed E-state index contributed by atoms with van der Waals surface area (Å²) < 4.78 is 7.02. The molecule has 2 aromatic rings. The molecular formula is C13H16N2OS. The second-order valence-corrected chi connectivity index (χ2v) is 5.45. The van der Waals surface area contributed by atoms with Crippen LogP contribution < -0.4 is 5.32 Å². The Bertz CT molecular complexity index is 511. The van der Waals surface area contributed by atoms with Crippen molar-refractivity contribution in [3.63, 3.8) is 0 Å². The molecule has 1 N–H and O–H groups in total. The van der Waals surface area contributed by atoms with E-state index >= 15 is 0 Å². The minimum absolute atomic E-state index is 0.363. The van der Waals surface area contributed by atoms with Gasteiger partial charge in [0.05, 0.1) is 27.9 Å². The van der Waals surface area contributed by atoms with Gasteiger partial charge < -0.3 is 10.1 Å². The Labute approximate surface area is 105 Å². The van der Waals surface area contributed by atoms with Crippen LogP contribution >= 0.6 is 11.3 Å². The van der Waals surface area contributed by atoms with Crippen molar-refractivity contribution in [2.24, 2.45) is 0 Å². The Morgan fingerprint density at radius 2 is 2.41 bits per heavy atom. The number of aromatic nitrogens is 1. The number of thiazole rings is 1. The van der Waals surface area contributed by atoms with Crippen LogP contribution in [0.25, 0.3) is 10.2 Å². The molecule has 1 aliphatic heterocycles. The summed E-state index contributed by atoms with van der Waals surface area (Å²) in [6, 6.07) is 6.30. The quantitative estimate of drug-likeness (QED) is 0.905. The molecule has 1 aliphatic rings. The molecule has 0 bridgehead atoms. The van der Waals surface area contributed by atoms with Gasteiger partial charge in [0.2, 0.25) is 0 Å². The fourth-order valence-corrected chi connectivity index (χ4v) is 2.95. The molecule has 1 aromatic heterocycles. The predicted octanol–water partition coefficient (Wildman–Crippen LogP) is 3.28. The van der Waals surface area contributed by atoms with Crippen LogP contribution in [0, 0.1) is 0 Å². The molecule has 1 aromatic carbocycles. The number of rotatable bonds is 3. The summed E-state index contributed by atoms with van der Waals surface area (Å²) >= 11 is 1.68. The Balaban J connectivity index is 1.64. The lowest BCUT2D eigenvalue weighted by Gasteiger charge is -2.13. The minimum Gasteiger partial charge on any atom is -0.382 e. The number of nitrogens with zero attached hydrogens (tertiary/aromatic N) is 1. The molecule has 4 heteroatoms. The van der Waals surface area contributed by atoms with E-state index in [-0.39, 0.29) is 0 Å². The zero-order valence-corrected chi connectivity index (χ0v) is 10.7. The first-order valence-corrected chi connectivity index (χ1v) is 6.92. The third-order valence-electron chi connectivity index (χ3n) is 3.19. The number of ether oxygens (including phenoxy) is 1. The van der Waals surface area contributed by atoms with Gasteiger partial charge in [-0.25, -0.2) is 4.98 Å². The molecule has 0 amide bonds. The largest absolute Gasteiger partial charge is 0.382 e. The summed E-state index contributed by atoms with van der Waals surface area (Å²) in [4.78, 5) is 4.27. The third kappa shape index (κ3) is 2.42. The average Bonchev–Trinajstić information content (AvgIpc) is 2.94. The molecule has 17 heavy (non-hydrogen) atoms. The molecule has 2 unspecified atom stereocenters. The fourth-order valence-electron chi connectivity index (χ4n) is 2.23. The van der Waals surface area contributed by atoms with E-state index < -0.39 is 0 Å². The van der Waals surface area contributed by atoms with E-state index in [1.807, 2.05) is 5.51 Å². The van der Waals surface area contributed by atoms with Crippen LogP contribution in [0.15, 0.2) is 23.7 Å². The molecule has 0 aliphatic carbocycles. The second kappa shape index (κ2) is 4.63. The second-order valence-electron chi connectivity index (χ2n) is 4.56. The van der Waals surface area contributed by atoms with Crippen molar-refractivity contribution in [3.8, 4) is 0 Å². The van der Waals surface area contributed by atoms with Gasteiger partial charge in [0.1, 0.15) is 0 Å². The summed E-state index contributed by atoms with van der Waals surface area (Å²) in [6.45, 7) is 3.04. The van der Waals surface area contributed by atoms with Crippen LogP contribution in [0.4, 0.5) is 5.69 Å². The van der Waals surface area contributed by atoms with Gasteiger partial charge in [0, 0.05) is 12.2 Å². The molecule has 0 spiro atoms. The fraction of sp³-hybridized carbons (Fsp3) is 0.462. The Morgan fingerprint density at radius 3 is 3.24 bits per heavy atom. The van der Waals surface area contributed by atoms with Crippen LogP contribution in [0.3, 0.4) is 0 Å². The Hall–Kier alpha value is -1.13. The van der Waals surface area contributed by atoms with Crippen molar-refractivity contribution in [1.82, 2.24) is 4.98 Å². The Morgan fingerprint density at radius 1 is 1.47 bits per heavy atom. The van der Waals surface area contributed by atoms with E-state index in [0.717, 1.165) is 24.2 Å². The number of hydrogen-bond donors (Lipinski definition) is 1. The van der Waals surface area contributed by atoms with Crippen LogP contribution in [0.2, 0.25) is 0 Å². The summed E-state index contributed by atoms with van der Waals surface area (Å²) in [7, 11) is 0. The number of hydrogen-bond acceptors (Lipinski definition) is 4. The van der Waals surface area contributed by atoms with Crippen LogP contribution in [0.1, 0.15) is 19.8 Å². The molecule has 3 nitrogen and oxygen atoms in total. The lowest BCUT2D eigenvalue weighted by atomic mass is 10.2. The standard InChI is InChI=1S/C13H16N2OS/c1-9-2-4-11(16-9)7-14-10-3-5-12-13(6-10)17-8-15-12/h3,5-6,8-9,11,14H,2,4,7H2,1H3. The predicted molar refractivity (Wildman–Crippen MR) is 71.7 cm³/mol. The number of benzene rings is 1. The monoisotopic (exact) mass is 248 g/mol. The van der Waals surface area contributed by atoms with Crippen molar-refractivity contribution in [2.75, 3.05) is 11.9 Å².